The summed E-state index contributed by atoms with van der Waals surface area (Å²) in [5.41, 5.74) is 2.78. The monoisotopic (exact) mass is 658 g/mol. The Morgan fingerprint density at radius 2 is 1.76 bits per heavy atom. The SMILES string of the molecule is COc1cc(C=C(C#N)C(=O)Nc2ccc(C)c(C)c2)ccc1Oc1nc2c(c(=O)n(C)c(=O)n2C)n1Cc1ccc(Cl)cc1Cl. The first-order valence-corrected chi connectivity index (χ1v) is 14.6. The van der Waals surface area contributed by atoms with Crippen LogP contribution >= 0.6 is 23.2 Å². The molecule has 5 aromatic rings. The molecule has 13 heteroatoms. The van der Waals surface area contributed by atoms with E-state index in [1.165, 1.54) is 36.4 Å². The van der Waals surface area contributed by atoms with Gasteiger partial charge in [0.1, 0.15) is 11.6 Å². The van der Waals surface area contributed by atoms with E-state index in [1.54, 1.807) is 42.5 Å². The largest absolute Gasteiger partial charge is 0.493 e. The summed E-state index contributed by atoms with van der Waals surface area (Å²) in [5, 5.41) is 13.3. The van der Waals surface area contributed by atoms with Crippen LogP contribution in [0.2, 0.25) is 10.0 Å². The second-order valence-corrected chi connectivity index (χ2v) is 11.4. The first-order valence-electron chi connectivity index (χ1n) is 13.9. The van der Waals surface area contributed by atoms with Gasteiger partial charge in [0.05, 0.1) is 13.7 Å². The number of ether oxygens (including phenoxy) is 2. The molecule has 1 amide bonds. The van der Waals surface area contributed by atoms with Crippen molar-refractivity contribution in [3.63, 3.8) is 0 Å². The number of rotatable bonds is 8. The lowest BCUT2D eigenvalue weighted by Gasteiger charge is -2.13. The van der Waals surface area contributed by atoms with Crippen molar-refractivity contribution in [2.75, 3.05) is 12.4 Å². The number of aromatic nitrogens is 4. The van der Waals surface area contributed by atoms with Crippen molar-refractivity contribution in [1.82, 2.24) is 18.7 Å². The van der Waals surface area contributed by atoms with Gasteiger partial charge >= 0.3 is 11.7 Å². The second-order valence-electron chi connectivity index (χ2n) is 10.5. The standard InChI is InChI=1S/C33H28Cl2N6O5/c1-18-6-10-24(12-19(18)2)37-30(42)22(16-36)13-20-7-11-26(27(14-20)45-5)46-32-38-29-28(31(43)40(4)33(44)39(29)3)41(32)17-21-8-9-23(34)15-25(21)35/h6-15H,17H2,1-5H3,(H,37,42). The molecular weight excluding hydrogens is 631 g/mol. The first kappa shape index (κ1) is 32.1. The zero-order chi connectivity index (χ0) is 33.3. The van der Waals surface area contributed by atoms with Gasteiger partial charge in [-0.15, -0.1) is 0 Å². The van der Waals surface area contributed by atoms with Gasteiger partial charge in [0.2, 0.25) is 0 Å². The number of carbonyl (C=O) groups excluding carboxylic acids is 1. The molecule has 234 valence electrons. The van der Waals surface area contributed by atoms with Gasteiger partial charge in [0.15, 0.2) is 22.7 Å². The number of imidazole rings is 1. The maximum atomic E-state index is 13.3. The summed E-state index contributed by atoms with van der Waals surface area (Å²) in [7, 11) is 4.32. The molecule has 46 heavy (non-hydrogen) atoms. The molecule has 0 fully saturated rings. The highest BCUT2D eigenvalue weighted by Crippen LogP contribution is 2.34. The normalized spacial score (nSPS) is 11.4. The number of nitriles is 1. The number of aryl methyl sites for hydroxylation is 3. The Morgan fingerprint density at radius 1 is 1.00 bits per heavy atom. The summed E-state index contributed by atoms with van der Waals surface area (Å²) >= 11 is 12.6. The summed E-state index contributed by atoms with van der Waals surface area (Å²) in [4.78, 5) is 43.4. The molecule has 5 rings (SSSR count). The maximum absolute atomic E-state index is 13.3. The van der Waals surface area contributed by atoms with Crippen molar-refractivity contribution in [2.24, 2.45) is 14.1 Å². The Bertz CT molecular complexity index is 2230. The number of hydrogen-bond acceptors (Lipinski definition) is 7. The average Bonchev–Trinajstić information content (AvgIpc) is 3.38. The average molecular weight is 660 g/mol. The number of hydrogen-bond donors (Lipinski definition) is 1. The Hall–Kier alpha value is -5.31. The Labute approximate surface area is 273 Å². The zero-order valence-corrected chi connectivity index (χ0v) is 27.0. The van der Waals surface area contributed by atoms with Crippen LogP contribution in [0, 0.1) is 25.2 Å². The van der Waals surface area contributed by atoms with Gasteiger partial charge in [0.25, 0.3) is 11.5 Å². The molecule has 0 aliphatic rings. The number of halogens is 2. The maximum Gasteiger partial charge on any atom is 0.332 e. The number of carbonyl (C=O) groups is 1. The Morgan fingerprint density at radius 3 is 2.43 bits per heavy atom. The van der Waals surface area contributed by atoms with Crippen molar-refractivity contribution < 1.29 is 14.3 Å². The van der Waals surface area contributed by atoms with Crippen LogP contribution in [0.5, 0.6) is 17.5 Å². The molecule has 0 radical (unpaired) electrons. The molecule has 0 bridgehead atoms. The highest BCUT2D eigenvalue weighted by atomic mass is 35.5. The third kappa shape index (κ3) is 6.26. The van der Waals surface area contributed by atoms with E-state index >= 15 is 0 Å². The predicted octanol–water partition coefficient (Wildman–Crippen LogP) is 5.75. The molecule has 1 N–H and O–H groups in total. The lowest BCUT2D eigenvalue weighted by atomic mass is 10.1. The van der Waals surface area contributed by atoms with Crippen molar-refractivity contribution in [2.45, 2.75) is 20.4 Å². The van der Waals surface area contributed by atoms with Gasteiger partial charge < -0.3 is 14.8 Å². The lowest BCUT2D eigenvalue weighted by Crippen LogP contribution is -2.37. The summed E-state index contributed by atoms with van der Waals surface area (Å²) in [6.45, 7) is 3.97. The fraction of sp³-hybridized carbons (Fsp3) is 0.182. The molecule has 0 aliphatic heterocycles. The van der Waals surface area contributed by atoms with Gasteiger partial charge in [-0.1, -0.05) is 41.4 Å². The molecule has 0 unspecified atom stereocenters. The van der Waals surface area contributed by atoms with Crippen LogP contribution < -0.4 is 26.0 Å². The number of methoxy groups -OCH3 is 1. The second kappa shape index (κ2) is 13.0. The minimum Gasteiger partial charge on any atom is -0.493 e. The van der Waals surface area contributed by atoms with E-state index in [-0.39, 0.29) is 40.8 Å². The van der Waals surface area contributed by atoms with Gasteiger partial charge in [-0.05, 0) is 78.6 Å². The van der Waals surface area contributed by atoms with Crippen LogP contribution in [0.15, 0.2) is 69.8 Å². The Balaban J connectivity index is 1.53. The predicted molar refractivity (Wildman–Crippen MR) is 177 cm³/mol. The first-order chi connectivity index (χ1) is 21.9. The molecule has 0 spiro atoms. The van der Waals surface area contributed by atoms with E-state index in [0.717, 1.165) is 15.7 Å². The molecule has 3 aromatic carbocycles. The van der Waals surface area contributed by atoms with E-state index in [9.17, 15) is 19.6 Å². The summed E-state index contributed by atoms with van der Waals surface area (Å²) in [6, 6.07) is 17.2. The number of benzene rings is 3. The number of nitrogens with zero attached hydrogens (tertiary/aromatic N) is 5. The number of nitrogens with one attached hydrogen (secondary N) is 1. The highest BCUT2D eigenvalue weighted by molar-refractivity contribution is 6.35. The van der Waals surface area contributed by atoms with Crippen molar-refractivity contribution >= 4 is 52.0 Å². The van der Waals surface area contributed by atoms with Crippen LogP contribution in [-0.2, 0) is 25.4 Å². The molecule has 0 saturated carbocycles. The quantitative estimate of drug-likeness (QED) is 0.166. The van der Waals surface area contributed by atoms with E-state index in [1.807, 2.05) is 32.0 Å². The molecule has 11 nitrogen and oxygen atoms in total. The number of anilines is 1. The van der Waals surface area contributed by atoms with Crippen LogP contribution in [0.4, 0.5) is 5.69 Å². The molecule has 0 aliphatic carbocycles. The fourth-order valence-corrected chi connectivity index (χ4v) is 5.23. The smallest absolute Gasteiger partial charge is 0.332 e. The van der Waals surface area contributed by atoms with Crippen molar-refractivity contribution in [3.05, 3.63) is 113 Å². The van der Waals surface area contributed by atoms with Crippen LogP contribution in [0.25, 0.3) is 17.2 Å². The van der Waals surface area contributed by atoms with Gasteiger partial charge in [-0.25, -0.2) is 4.79 Å². The van der Waals surface area contributed by atoms with E-state index in [4.69, 9.17) is 32.7 Å². The van der Waals surface area contributed by atoms with Crippen LogP contribution in [0.1, 0.15) is 22.3 Å². The third-order valence-corrected chi connectivity index (χ3v) is 8.07. The number of fused-ring (bicyclic) bond motifs is 1. The lowest BCUT2D eigenvalue weighted by molar-refractivity contribution is -0.112. The van der Waals surface area contributed by atoms with Crippen LogP contribution in [-0.4, -0.2) is 31.7 Å². The highest BCUT2D eigenvalue weighted by Gasteiger charge is 2.23. The summed E-state index contributed by atoms with van der Waals surface area (Å²) in [5.74, 6) is -0.0873. The molecular formula is C33H28Cl2N6O5. The van der Waals surface area contributed by atoms with Gasteiger partial charge in [-0.2, -0.15) is 10.2 Å². The Kier molecular flexibility index (Phi) is 9.05. The topological polar surface area (TPSA) is 133 Å². The zero-order valence-electron chi connectivity index (χ0n) is 25.5. The van der Waals surface area contributed by atoms with E-state index in [2.05, 4.69) is 10.3 Å². The third-order valence-electron chi connectivity index (χ3n) is 7.49. The number of amides is 1. The molecule has 0 saturated heterocycles. The van der Waals surface area contributed by atoms with Gasteiger partial charge in [-0.3, -0.25) is 23.3 Å². The fourth-order valence-electron chi connectivity index (χ4n) is 4.76. The summed E-state index contributed by atoms with van der Waals surface area (Å²) in [6.07, 6.45) is 1.43. The minimum absolute atomic E-state index is 0.00797. The van der Waals surface area contributed by atoms with Gasteiger partial charge in [0, 0.05) is 29.8 Å². The van der Waals surface area contributed by atoms with Crippen molar-refractivity contribution in [1.29, 1.82) is 5.26 Å². The van der Waals surface area contributed by atoms with E-state index < -0.39 is 17.2 Å². The van der Waals surface area contributed by atoms with Crippen molar-refractivity contribution in [3.8, 4) is 23.6 Å². The molecule has 2 heterocycles. The van der Waals surface area contributed by atoms with Crippen LogP contribution in [0.3, 0.4) is 0 Å². The van der Waals surface area contributed by atoms with E-state index in [0.29, 0.717) is 26.9 Å². The molecule has 2 aromatic heterocycles. The minimum atomic E-state index is -0.568. The molecule has 0 atom stereocenters. The summed E-state index contributed by atoms with van der Waals surface area (Å²) < 4.78 is 15.5.